The largest absolute Gasteiger partial charge is 0.462 e. The van der Waals surface area contributed by atoms with Gasteiger partial charge in [-0.3, -0.25) is 9.69 Å². The minimum atomic E-state index is -0.513. The molecule has 5 nitrogen and oxygen atoms in total. The van der Waals surface area contributed by atoms with Crippen molar-refractivity contribution in [3.8, 4) is 11.5 Å². The summed E-state index contributed by atoms with van der Waals surface area (Å²) in [7, 11) is 0. The maximum Gasteiger partial charge on any atom is 0.340 e. The number of hydrogen-bond acceptors (Lipinski definition) is 4. The summed E-state index contributed by atoms with van der Waals surface area (Å²) in [5, 5.41) is 0. The molecule has 33 heavy (non-hydrogen) atoms. The Kier molecular flexibility index (Phi) is 6.41. The highest BCUT2D eigenvalue weighted by Crippen LogP contribution is 2.36. The van der Waals surface area contributed by atoms with Gasteiger partial charge in [-0.2, -0.15) is 0 Å². The average Bonchev–Trinajstić information content (AvgIpc) is 3.05. The standard InChI is InChI=1S/C28H25NO4/c1-4-32-28(31)26-20(3)29(22-15-13-19(2)14-16-22)27(30)25(26)18-21-9-8-12-24(17-21)33-23-10-6-5-7-11-23/h5-18H,4H2,1-3H3/b25-18-. The summed E-state index contributed by atoms with van der Waals surface area (Å²) < 4.78 is 11.2. The van der Waals surface area contributed by atoms with Crippen molar-refractivity contribution in [3.63, 3.8) is 0 Å². The highest BCUT2D eigenvalue weighted by Gasteiger charge is 2.38. The van der Waals surface area contributed by atoms with Crippen molar-refractivity contribution in [3.05, 3.63) is 107 Å². The Labute approximate surface area is 193 Å². The quantitative estimate of drug-likeness (QED) is 0.346. The van der Waals surface area contributed by atoms with Crippen molar-refractivity contribution in [2.24, 2.45) is 0 Å². The number of para-hydroxylation sites is 1. The van der Waals surface area contributed by atoms with Crippen LogP contribution in [0.15, 0.2) is 95.7 Å². The molecule has 0 spiro atoms. The highest BCUT2D eigenvalue weighted by molar-refractivity contribution is 6.23. The summed E-state index contributed by atoms with van der Waals surface area (Å²) in [6.07, 6.45) is 1.71. The summed E-state index contributed by atoms with van der Waals surface area (Å²) in [5.41, 5.74) is 3.65. The van der Waals surface area contributed by atoms with Crippen LogP contribution in [0.1, 0.15) is 25.0 Å². The molecule has 0 aromatic heterocycles. The highest BCUT2D eigenvalue weighted by atomic mass is 16.5. The van der Waals surface area contributed by atoms with Gasteiger partial charge in [-0.25, -0.2) is 4.79 Å². The second-order valence-electron chi connectivity index (χ2n) is 7.70. The van der Waals surface area contributed by atoms with Crippen LogP contribution in [0.2, 0.25) is 0 Å². The Morgan fingerprint density at radius 3 is 2.30 bits per heavy atom. The van der Waals surface area contributed by atoms with Crippen molar-refractivity contribution in [2.75, 3.05) is 11.5 Å². The minimum Gasteiger partial charge on any atom is -0.462 e. The third kappa shape index (κ3) is 4.72. The first-order chi connectivity index (χ1) is 16.0. The first-order valence-corrected chi connectivity index (χ1v) is 10.8. The maximum atomic E-state index is 13.5. The molecule has 1 aliphatic heterocycles. The number of anilines is 1. The van der Waals surface area contributed by atoms with Crippen LogP contribution >= 0.6 is 0 Å². The van der Waals surface area contributed by atoms with Crippen LogP contribution in [0.3, 0.4) is 0 Å². The molecule has 0 radical (unpaired) electrons. The summed E-state index contributed by atoms with van der Waals surface area (Å²) in [5.74, 6) is 0.567. The molecule has 0 unspecified atom stereocenters. The first-order valence-electron chi connectivity index (χ1n) is 10.8. The molecule has 0 atom stereocenters. The summed E-state index contributed by atoms with van der Waals surface area (Å²) in [4.78, 5) is 27.9. The molecule has 0 aliphatic carbocycles. The number of esters is 1. The third-order valence-corrected chi connectivity index (χ3v) is 5.32. The van der Waals surface area contributed by atoms with Crippen molar-refractivity contribution in [1.82, 2.24) is 0 Å². The summed E-state index contributed by atoms with van der Waals surface area (Å²) >= 11 is 0. The van der Waals surface area contributed by atoms with Crippen molar-refractivity contribution in [2.45, 2.75) is 20.8 Å². The van der Waals surface area contributed by atoms with Crippen molar-refractivity contribution in [1.29, 1.82) is 0 Å². The zero-order chi connectivity index (χ0) is 23.4. The fraction of sp³-hybridized carbons (Fsp3) is 0.143. The van der Waals surface area contributed by atoms with Gasteiger partial charge >= 0.3 is 5.97 Å². The van der Waals surface area contributed by atoms with E-state index in [0.29, 0.717) is 28.5 Å². The van der Waals surface area contributed by atoms with E-state index in [0.717, 1.165) is 11.1 Å². The van der Waals surface area contributed by atoms with Crippen LogP contribution in [-0.4, -0.2) is 18.5 Å². The molecule has 0 bridgehead atoms. The fourth-order valence-corrected chi connectivity index (χ4v) is 3.75. The number of amides is 1. The lowest BCUT2D eigenvalue weighted by molar-refractivity contribution is -0.138. The van der Waals surface area contributed by atoms with E-state index >= 15 is 0 Å². The normalized spacial score (nSPS) is 14.7. The Hall–Kier alpha value is -4.12. The Morgan fingerprint density at radius 1 is 0.909 bits per heavy atom. The van der Waals surface area contributed by atoms with Crippen molar-refractivity contribution < 1.29 is 19.1 Å². The van der Waals surface area contributed by atoms with E-state index in [1.807, 2.05) is 85.8 Å². The van der Waals surface area contributed by atoms with Gasteiger partial charge in [0.25, 0.3) is 5.91 Å². The van der Waals surface area contributed by atoms with E-state index in [2.05, 4.69) is 0 Å². The predicted molar refractivity (Wildman–Crippen MR) is 129 cm³/mol. The van der Waals surface area contributed by atoms with Crippen molar-refractivity contribution >= 4 is 23.6 Å². The monoisotopic (exact) mass is 439 g/mol. The average molecular weight is 440 g/mol. The molecule has 1 heterocycles. The predicted octanol–water partition coefficient (Wildman–Crippen LogP) is 6.05. The van der Waals surface area contributed by atoms with Gasteiger partial charge < -0.3 is 9.47 Å². The van der Waals surface area contributed by atoms with Gasteiger partial charge in [0.15, 0.2) is 0 Å². The third-order valence-electron chi connectivity index (χ3n) is 5.32. The Bertz CT molecular complexity index is 1240. The summed E-state index contributed by atoms with van der Waals surface area (Å²) in [6, 6.07) is 24.5. The topological polar surface area (TPSA) is 55.8 Å². The molecule has 0 saturated carbocycles. The van der Waals surface area contributed by atoms with Crippen LogP contribution in [0.5, 0.6) is 11.5 Å². The maximum absolute atomic E-state index is 13.5. The molecule has 0 N–H and O–H groups in total. The number of nitrogens with zero attached hydrogens (tertiary/aromatic N) is 1. The molecule has 5 heteroatoms. The number of hydrogen-bond donors (Lipinski definition) is 0. The van der Waals surface area contributed by atoms with Gasteiger partial charge in [0.2, 0.25) is 0 Å². The van der Waals surface area contributed by atoms with Crippen LogP contribution in [0.4, 0.5) is 5.69 Å². The lowest BCUT2D eigenvalue weighted by Gasteiger charge is -2.18. The number of allylic oxidation sites excluding steroid dienone is 1. The van der Waals surface area contributed by atoms with Gasteiger partial charge in [-0.15, -0.1) is 0 Å². The lowest BCUT2D eigenvalue weighted by Crippen LogP contribution is -2.24. The molecule has 4 rings (SSSR count). The molecule has 1 amide bonds. The van der Waals surface area contributed by atoms with E-state index in [1.165, 1.54) is 0 Å². The molecule has 0 fully saturated rings. The van der Waals surface area contributed by atoms with E-state index in [9.17, 15) is 9.59 Å². The number of rotatable bonds is 6. The summed E-state index contributed by atoms with van der Waals surface area (Å²) in [6.45, 7) is 5.72. The number of aryl methyl sites for hydroxylation is 1. The number of carbonyl (C=O) groups is 2. The number of ether oxygens (including phenoxy) is 2. The second kappa shape index (κ2) is 9.57. The molecule has 3 aromatic rings. The van der Waals surface area contributed by atoms with Gasteiger partial charge in [0.1, 0.15) is 11.5 Å². The molecule has 0 saturated heterocycles. The molecular weight excluding hydrogens is 414 g/mol. The Morgan fingerprint density at radius 2 is 1.61 bits per heavy atom. The van der Waals surface area contributed by atoms with Crippen LogP contribution in [0.25, 0.3) is 6.08 Å². The van der Waals surface area contributed by atoms with E-state index in [-0.39, 0.29) is 18.1 Å². The molecular formula is C28H25NO4. The Balaban J connectivity index is 1.73. The smallest absolute Gasteiger partial charge is 0.340 e. The lowest BCUT2D eigenvalue weighted by atomic mass is 10.0. The van der Waals surface area contributed by atoms with Crippen LogP contribution < -0.4 is 9.64 Å². The van der Waals surface area contributed by atoms with E-state index < -0.39 is 5.97 Å². The second-order valence-corrected chi connectivity index (χ2v) is 7.70. The zero-order valence-corrected chi connectivity index (χ0v) is 18.9. The molecule has 3 aromatic carbocycles. The van der Waals surface area contributed by atoms with Gasteiger partial charge in [0, 0.05) is 11.4 Å². The van der Waals surface area contributed by atoms with Gasteiger partial charge in [0.05, 0.1) is 17.8 Å². The zero-order valence-electron chi connectivity index (χ0n) is 18.9. The van der Waals surface area contributed by atoms with Gasteiger partial charge in [-0.05, 0) is 68.8 Å². The molecule has 166 valence electrons. The first kappa shape index (κ1) is 22.1. The number of benzene rings is 3. The van der Waals surface area contributed by atoms with E-state index in [4.69, 9.17) is 9.47 Å². The number of carbonyl (C=O) groups excluding carboxylic acids is 2. The van der Waals surface area contributed by atoms with Crippen LogP contribution in [-0.2, 0) is 14.3 Å². The SMILES string of the molecule is CCOC(=O)C1=C(C)N(c2ccc(C)cc2)C(=O)/C1=C\c1cccc(Oc2ccccc2)c1. The minimum absolute atomic E-state index is 0.224. The van der Waals surface area contributed by atoms with E-state index in [1.54, 1.807) is 24.8 Å². The van der Waals surface area contributed by atoms with Gasteiger partial charge in [-0.1, -0.05) is 48.0 Å². The molecule has 1 aliphatic rings. The van der Waals surface area contributed by atoms with Crippen LogP contribution in [0, 0.1) is 6.92 Å². The fourth-order valence-electron chi connectivity index (χ4n) is 3.75.